The van der Waals surface area contributed by atoms with Crippen LogP contribution in [0.25, 0.3) is 0 Å². The van der Waals surface area contributed by atoms with Gasteiger partial charge in [-0.2, -0.15) is 0 Å². The van der Waals surface area contributed by atoms with E-state index in [2.05, 4.69) is 5.32 Å². The summed E-state index contributed by atoms with van der Waals surface area (Å²) >= 11 is 0. The van der Waals surface area contributed by atoms with Crippen molar-refractivity contribution in [1.82, 2.24) is 4.90 Å². The second kappa shape index (κ2) is 5.06. The maximum absolute atomic E-state index is 12.7. The van der Waals surface area contributed by atoms with Gasteiger partial charge in [-0.05, 0) is 50.8 Å². The molecule has 0 spiro atoms. The number of carbonyl (C=O) groups is 2. The Morgan fingerprint density at radius 1 is 1.29 bits per heavy atom. The van der Waals surface area contributed by atoms with Gasteiger partial charge in [-0.25, -0.2) is 0 Å². The van der Waals surface area contributed by atoms with Crippen molar-refractivity contribution >= 4 is 17.5 Å². The molecule has 112 valence electrons. The van der Waals surface area contributed by atoms with E-state index in [0.717, 1.165) is 24.8 Å². The number of nitrogens with one attached hydrogen (secondary N) is 1. The molecule has 1 fully saturated rings. The van der Waals surface area contributed by atoms with Gasteiger partial charge in [0.2, 0.25) is 0 Å². The summed E-state index contributed by atoms with van der Waals surface area (Å²) in [5.41, 5.74) is 0.187. The van der Waals surface area contributed by atoms with Gasteiger partial charge in [0, 0.05) is 13.1 Å². The lowest BCUT2D eigenvalue weighted by Crippen LogP contribution is -2.60. The number of hydrogen-bond donors (Lipinski definition) is 1. The highest BCUT2D eigenvalue weighted by atomic mass is 16.5. The molecule has 0 saturated carbocycles. The number of nitrogens with zero attached hydrogens (tertiary/aromatic N) is 1. The van der Waals surface area contributed by atoms with Gasteiger partial charge < -0.3 is 15.0 Å². The largest absolute Gasteiger partial charge is 0.466 e. The molecule has 0 aliphatic carbocycles. The third kappa shape index (κ3) is 2.37. The van der Waals surface area contributed by atoms with E-state index in [0.29, 0.717) is 24.5 Å². The van der Waals surface area contributed by atoms with E-state index in [1.165, 1.54) is 0 Å². The van der Waals surface area contributed by atoms with Crippen LogP contribution in [0.5, 0.6) is 5.75 Å². The van der Waals surface area contributed by atoms with Gasteiger partial charge in [0.15, 0.2) is 0 Å². The Bertz CT molecular complexity index is 593. The average molecular weight is 288 g/mol. The van der Waals surface area contributed by atoms with E-state index in [9.17, 15) is 9.59 Å². The molecule has 0 unspecified atom stereocenters. The summed E-state index contributed by atoms with van der Waals surface area (Å²) in [5.74, 6) is -0.0878. The van der Waals surface area contributed by atoms with Crippen molar-refractivity contribution in [3.63, 3.8) is 0 Å². The summed E-state index contributed by atoms with van der Waals surface area (Å²) < 4.78 is 5.80. The van der Waals surface area contributed by atoms with Crippen LogP contribution in [0, 0.1) is 6.92 Å². The molecule has 1 atom stereocenters. The Kier molecular flexibility index (Phi) is 3.35. The Balaban J connectivity index is 1.88. The number of likely N-dealkylation sites (tertiary alicyclic amines) is 1. The van der Waals surface area contributed by atoms with E-state index in [1.807, 2.05) is 19.1 Å². The number of piperidine rings is 1. The molecule has 3 rings (SSSR count). The van der Waals surface area contributed by atoms with Crippen LogP contribution in [0.1, 0.15) is 31.7 Å². The summed E-state index contributed by atoms with van der Waals surface area (Å²) in [7, 11) is 0. The maximum Gasteiger partial charge on any atom is 0.278 e. The number of hydrogen-bond acceptors (Lipinski definition) is 3. The Morgan fingerprint density at radius 2 is 2.00 bits per heavy atom. The highest BCUT2D eigenvalue weighted by Crippen LogP contribution is 2.35. The lowest BCUT2D eigenvalue weighted by atomic mass is 9.98. The quantitative estimate of drug-likeness (QED) is 0.805. The first-order chi connectivity index (χ1) is 10.0. The Morgan fingerprint density at radius 3 is 2.71 bits per heavy atom. The third-order valence-electron chi connectivity index (χ3n) is 4.18. The van der Waals surface area contributed by atoms with E-state index in [1.54, 1.807) is 17.9 Å². The van der Waals surface area contributed by atoms with Crippen molar-refractivity contribution in [3.8, 4) is 5.75 Å². The van der Waals surface area contributed by atoms with Crippen LogP contribution in [0.4, 0.5) is 5.69 Å². The Hall–Kier alpha value is -2.04. The zero-order chi connectivity index (χ0) is 15.0. The fraction of sp³-hybridized carbons (Fsp3) is 0.500. The molecule has 0 bridgehead atoms. The number of aryl methyl sites for hydroxylation is 1. The molecule has 1 aromatic rings. The minimum atomic E-state index is -1.47. The fourth-order valence-corrected chi connectivity index (χ4v) is 2.88. The van der Waals surface area contributed by atoms with Crippen molar-refractivity contribution in [2.75, 3.05) is 18.4 Å². The number of fused-ring (bicyclic) bond motifs is 1. The van der Waals surface area contributed by atoms with Crippen molar-refractivity contribution < 1.29 is 14.3 Å². The molecule has 1 aromatic carbocycles. The van der Waals surface area contributed by atoms with E-state index >= 15 is 0 Å². The number of rotatable bonds is 1. The molecule has 2 aliphatic heterocycles. The molecule has 5 nitrogen and oxygen atoms in total. The highest BCUT2D eigenvalue weighted by Gasteiger charge is 2.49. The van der Waals surface area contributed by atoms with Crippen molar-refractivity contribution in [1.29, 1.82) is 0 Å². The highest BCUT2D eigenvalue weighted by molar-refractivity contribution is 6.15. The molecule has 1 N–H and O–H groups in total. The summed E-state index contributed by atoms with van der Waals surface area (Å²) in [6.07, 6.45) is 3.11. The molecule has 0 radical (unpaired) electrons. The molecular weight excluding hydrogens is 268 g/mol. The van der Waals surface area contributed by atoms with Crippen molar-refractivity contribution in [2.45, 2.75) is 38.7 Å². The molecule has 5 heteroatoms. The maximum atomic E-state index is 12.7. The van der Waals surface area contributed by atoms with Crippen LogP contribution in [-0.2, 0) is 9.59 Å². The molecule has 2 amide bonds. The zero-order valence-corrected chi connectivity index (χ0v) is 12.4. The van der Waals surface area contributed by atoms with Crippen molar-refractivity contribution in [3.05, 3.63) is 23.8 Å². The second-order valence-electron chi connectivity index (χ2n) is 5.94. The van der Waals surface area contributed by atoms with Gasteiger partial charge in [0.25, 0.3) is 17.4 Å². The van der Waals surface area contributed by atoms with Crippen LogP contribution < -0.4 is 10.1 Å². The second-order valence-corrected chi connectivity index (χ2v) is 5.94. The normalized spacial score (nSPS) is 24.9. The number of anilines is 1. The van der Waals surface area contributed by atoms with Gasteiger partial charge >= 0.3 is 0 Å². The van der Waals surface area contributed by atoms with Crippen molar-refractivity contribution in [2.24, 2.45) is 0 Å². The lowest BCUT2D eigenvalue weighted by Gasteiger charge is -2.38. The third-order valence-corrected chi connectivity index (χ3v) is 4.18. The van der Waals surface area contributed by atoms with Gasteiger partial charge in [0.1, 0.15) is 5.75 Å². The number of carbonyl (C=O) groups excluding carboxylic acids is 2. The molecule has 2 aliphatic rings. The summed E-state index contributed by atoms with van der Waals surface area (Å²) in [6, 6.07) is 5.55. The predicted molar refractivity (Wildman–Crippen MR) is 79.3 cm³/mol. The number of benzene rings is 1. The first-order valence-electron chi connectivity index (χ1n) is 7.41. The molecular formula is C16H20N2O3. The fourth-order valence-electron chi connectivity index (χ4n) is 2.88. The zero-order valence-electron chi connectivity index (χ0n) is 12.4. The van der Waals surface area contributed by atoms with Crippen LogP contribution in [0.3, 0.4) is 0 Å². The molecule has 1 saturated heterocycles. The first-order valence-corrected chi connectivity index (χ1v) is 7.41. The van der Waals surface area contributed by atoms with Crippen LogP contribution in [0.15, 0.2) is 18.2 Å². The van der Waals surface area contributed by atoms with Crippen LogP contribution >= 0.6 is 0 Å². The summed E-state index contributed by atoms with van der Waals surface area (Å²) in [6.45, 7) is 4.90. The van der Waals surface area contributed by atoms with Gasteiger partial charge in [-0.15, -0.1) is 0 Å². The van der Waals surface area contributed by atoms with E-state index < -0.39 is 11.5 Å². The lowest BCUT2D eigenvalue weighted by molar-refractivity contribution is -0.155. The molecule has 21 heavy (non-hydrogen) atoms. The topological polar surface area (TPSA) is 58.6 Å². The minimum absolute atomic E-state index is 0.245. The number of ether oxygens (including phenoxy) is 1. The first kappa shape index (κ1) is 13.9. The average Bonchev–Trinajstić information content (AvgIpc) is 2.49. The van der Waals surface area contributed by atoms with Gasteiger partial charge in [-0.3, -0.25) is 9.59 Å². The smallest absolute Gasteiger partial charge is 0.278 e. The van der Waals surface area contributed by atoms with Gasteiger partial charge in [-0.1, -0.05) is 6.07 Å². The molecule has 0 aromatic heterocycles. The van der Waals surface area contributed by atoms with Gasteiger partial charge in [0.05, 0.1) is 5.69 Å². The summed E-state index contributed by atoms with van der Waals surface area (Å²) in [5, 5.41) is 2.80. The Labute approximate surface area is 124 Å². The minimum Gasteiger partial charge on any atom is -0.466 e. The van der Waals surface area contributed by atoms with E-state index in [-0.39, 0.29) is 5.91 Å². The number of amides is 2. The summed E-state index contributed by atoms with van der Waals surface area (Å²) in [4.78, 5) is 26.8. The monoisotopic (exact) mass is 288 g/mol. The van der Waals surface area contributed by atoms with E-state index in [4.69, 9.17) is 4.74 Å². The predicted octanol–water partition coefficient (Wildman–Crippen LogP) is 2.10. The molecule has 2 heterocycles. The van der Waals surface area contributed by atoms with Crippen LogP contribution in [-0.4, -0.2) is 35.4 Å². The standard InChI is InChI=1S/C16H20N2O3/c1-11-6-7-13-12(10-11)17-14(19)16(2,21-13)15(20)18-8-4-3-5-9-18/h6-7,10H,3-5,8-9H2,1-2H3,(H,17,19)/t16-/m0/s1. The van der Waals surface area contributed by atoms with Crippen LogP contribution in [0.2, 0.25) is 0 Å². The SMILES string of the molecule is Cc1ccc2c(c1)NC(=O)[C@@](C)(C(=O)N1CCCCC1)O2.